The van der Waals surface area contributed by atoms with Crippen LogP contribution in [0.1, 0.15) is 26.7 Å². The van der Waals surface area contributed by atoms with E-state index >= 15 is 0 Å². The maximum atomic E-state index is 11.9. The molecule has 5 nitrogen and oxygen atoms in total. The van der Waals surface area contributed by atoms with Gasteiger partial charge in [-0.05, 0) is 31.0 Å². The van der Waals surface area contributed by atoms with E-state index in [4.69, 9.17) is 11.6 Å². The van der Waals surface area contributed by atoms with Gasteiger partial charge in [0.15, 0.2) is 0 Å². The predicted molar refractivity (Wildman–Crippen MR) is 90.7 cm³/mol. The lowest BCUT2D eigenvalue weighted by Crippen LogP contribution is -2.39. The van der Waals surface area contributed by atoms with Gasteiger partial charge < -0.3 is 5.32 Å². The summed E-state index contributed by atoms with van der Waals surface area (Å²) in [6.07, 6.45) is 2.68. The molecule has 1 rings (SSSR count). The van der Waals surface area contributed by atoms with Crippen LogP contribution in [0.25, 0.3) is 0 Å². The van der Waals surface area contributed by atoms with Crippen LogP contribution in [0.2, 0.25) is 5.02 Å². The number of nitrogens with one attached hydrogen (secondary N) is 1. The minimum absolute atomic E-state index is 0.0298. The average Bonchev–Trinajstić information content (AvgIpc) is 2.43. The summed E-state index contributed by atoms with van der Waals surface area (Å²) >= 11 is 5.91. The van der Waals surface area contributed by atoms with Crippen LogP contribution < -0.4 is 9.62 Å². The molecule has 0 atom stereocenters. The number of carbonyl (C=O) groups excluding carboxylic acids is 1. The molecule has 0 bridgehead atoms. The molecule has 1 N–H and O–H groups in total. The number of amides is 1. The quantitative estimate of drug-likeness (QED) is 0.787. The standard InChI is InChI=1S/C15H23ClN2O3S/c1-4-12(5-2)15(19)17-9-10-18(22(3,20)21)14-8-6-7-13(16)11-14/h6-8,11-12H,4-5,9-10H2,1-3H3,(H,17,19). The number of hydrogen-bond donors (Lipinski definition) is 1. The summed E-state index contributed by atoms with van der Waals surface area (Å²) in [5.74, 6) is -0.0672. The smallest absolute Gasteiger partial charge is 0.232 e. The molecule has 7 heteroatoms. The van der Waals surface area contributed by atoms with E-state index in [1.807, 2.05) is 13.8 Å². The highest BCUT2D eigenvalue weighted by atomic mass is 35.5. The number of sulfonamides is 1. The van der Waals surface area contributed by atoms with Crippen molar-refractivity contribution in [2.45, 2.75) is 26.7 Å². The van der Waals surface area contributed by atoms with Crippen molar-refractivity contribution in [3.63, 3.8) is 0 Å². The maximum absolute atomic E-state index is 11.9. The van der Waals surface area contributed by atoms with Crippen molar-refractivity contribution < 1.29 is 13.2 Å². The van der Waals surface area contributed by atoms with Gasteiger partial charge in [0.2, 0.25) is 15.9 Å². The summed E-state index contributed by atoms with van der Waals surface area (Å²) in [6, 6.07) is 6.64. The van der Waals surface area contributed by atoms with Crippen LogP contribution in [0.5, 0.6) is 0 Å². The fraction of sp³-hybridized carbons (Fsp3) is 0.533. The Hall–Kier alpha value is -1.27. The Morgan fingerprint density at radius 2 is 1.95 bits per heavy atom. The Kier molecular flexibility index (Phi) is 7.16. The van der Waals surface area contributed by atoms with Crippen molar-refractivity contribution in [3.8, 4) is 0 Å². The minimum atomic E-state index is -3.44. The summed E-state index contributed by atoms with van der Waals surface area (Å²) in [6.45, 7) is 4.35. The SMILES string of the molecule is CCC(CC)C(=O)NCCN(c1cccc(Cl)c1)S(C)(=O)=O. The second-order valence-electron chi connectivity index (χ2n) is 5.12. The monoisotopic (exact) mass is 346 g/mol. The van der Waals surface area contributed by atoms with E-state index in [1.165, 1.54) is 4.31 Å². The first-order valence-electron chi connectivity index (χ1n) is 7.30. The fourth-order valence-corrected chi connectivity index (χ4v) is 3.31. The van der Waals surface area contributed by atoms with Gasteiger partial charge in [-0.3, -0.25) is 9.10 Å². The largest absolute Gasteiger partial charge is 0.354 e. The number of hydrogen-bond acceptors (Lipinski definition) is 3. The lowest BCUT2D eigenvalue weighted by atomic mass is 10.0. The van der Waals surface area contributed by atoms with Crippen LogP contribution in [-0.4, -0.2) is 33.7 Å². The van der Waals surface area contributed by atoms with E-state index in [0.29, 0.717) is 10.7 Å². The van der Waals surface area contributed by atoms with Gasteiger partial charge in [0.05, 0.1) is 18.5 Å². The normalized spacial score (nSPS) is 11.5. The van der Waals surface area contributed by atoms with Gasteiger partial charge in [-0.1, -0.05) is 31.5 Å². The van der Waals surface area contributed by atoms with Crippen LogP contribution in [0, 0.1) is 5.92 Å². The Balaban J connectivity index is 2.75. The van der Waals surface area contributed by atoms with Crippen LogP contribution in [0.4, 0.5) is 5.69 Å². The topological polar surface area (TPSA) is 66.5 Å². The van der Waals surface area contributed by atoms with Crippen LogP contribution in [0.3, 0.4) is 0 Å². The van der Waals surface area contributed by atoms with Gasteiger partial charge in [-0.25, -0.2) is 8.42 Å². The zero-order valence-electron chi connectivity index (χ0n) is 13.2. The van der Waals surface area contributed by atoms with Crippen LogP contribution in [0.15, 0.2) is 24.3 Å². The lowest BCUT2D eigenvalue weighted by molar-refractivity contribution is -0.125. The molecule has 0 aromatic heterocycles. The van der Waals surface area contributed by atoms with Crippen molar-refractivity contribution in [1.29, 1.82) is 0 Å². The minimum Gasteiger partial charge on any atom is -0.354 e. The number of nitrogens with zero attached hydrogens (tertiary/aromatic N) is 1. The first-order chi connectivity index (χ1) is 10.3. The highest BCUT2D eigenvalue weighted by Crippen LogP contribution is 2.21. The first kappa shape index (κ1) is 18.8. The van der Waals surface area contributed by atoms with Gasteiger partial charge in [0.1, 0.15) is 0 Å². The number of benzene rings is 1. The first-order valence-corrected chi connectivity index (χ1v) is 9.53. The summed E-state index contributed by atoms with van der Waals surface area (Å²) in [7, 11) is -3.44. The molecule has 0 fully saturated rings. The van der Waals surface area contributed by atoms with Gasteiger partial charge in [0, 0.05) is 17.5 Å². The van der Waals surface area contributed by atoms with Gasteiger partial charge in [0.25, 0.3) is 0 Å². The molecule has 1 aromatic rings. The molecule has 1 amide bonds. The Bertz CT molecular complexity index is 601. The molecule has 0 radical (unpaired) electrons. The Morgan fingerprint density at radius 1 is 1.32 bits per heavy atom. The van der Waals surface area contributed by atoms with E-state index in [2.05, 4.69) is 5.32 Å². The number of carbonyl (C=O) groups is 1. The number of anilines is 1. The van der Waals surface area contributed by atoms with E-state index < -0.39 is 10.0 Å². The zero-order valence-corrected chi connectivity index (χ0v) is 14.7. The highest BCUT2D eigenvalue weighted by molar-refractivity contribution is 7.92. The third-order valence-electron chi connectivity index (χ3n) is 3.47. The molecule has 0 heterocycles. The Labute approximate surface area is 137 Å². The zero-order chi connectivity index (χ0) is 16.8. The summed E-state index contributed by atoms with van der Waals surface area (Å²) in [4.78, 5) is 11.9. The van der Waals surface area contributed by atoms with E-state index in [1.54, 1.807) is 24.3 Å². The lowest BCUT2D eigenvalue weighted by Gasteiger charge is -2.23. The molecule has 1 aromatic carbocycles. The third kappa shape index (κ3) is 5.50. The molecule has 124 valence electrons. The molecular weight excluding hydrogens is 324 g/mol. The molecular formula is C15H23ClN2O3S. The second-order valence-corrected chi connectivity index (χ2v) is 7.46. The maximum Gasteiger partial charge on any atom is 0.232 e. The van der Waals surface area contributed by atoms with Gasteiger partial charge in [-0.15, -0.1) is 0 Å². The van der Waals surface area contributed by atoms with Crippen molar-refractivity contribution >= 4 is 33.2 Å². The predicted octanol–water partition coefficient (Wildman–Crippen LogP) is 2.66. The third-order valence-corrected chi connectivity index (χ3v) is 4.90. The molecule has 0 aliphatic rings. The summed E-state index contributed by atoms with van der Waals surface area (Å²) in [5, 5.41) is 3.26. The molecule has 0 saturated heterocycles. The average molecular weight is 347 g/mol. The Morgan fingerprint density at radius 3 is 2.45 bits per heavy atom. The van der Waals surface area contributed by atoms with Crippen molar-refractivity contribution in [3.05, 3.63) is 29.3 Å². The highest BCUT2D eigenvalue weighted by Gasteiger charge is 2.19. The van der Waals surface area contributed by atoms with Gasteiger partial charge >= 0.3 is 0 Å². The molecule has 0 unspecified atom stereocenters. The van der Waals surface area contributed by atoms with E-state index in [0.717, 1.165) is 19.1 Å². The summed E-state index contributed by atoms with van der Waals surface area (Å²) in [5.41, 5.74) is 0.492. The van der Waals surface area contributed by atoms with E-state index in [9.17, 15) is 13.2 Å². The molecule has 0 aliphatic heterocycles. The molecule has 0 spiro atoms. The summed E-state index contributed by atoms with van der Waals surface area (Å²) < 4.78 is 25.1. The molecule has 0 saturated carbocycles. The fourth-order valence-electron chi connectivity index (χ4n) is 2.20. The van der Waals surface area contributed by atoms with Crippen molar-refractivity contribution in [1.82, 2.24) is 5.32 Å². The number of halogens is 1. The van der Waals surface area contributed by atoms with Crippen molar-refractivity contribution in [2.75, 3.05) is 23.7 Å². The second kappa shape index (κ2) is 8.39. The van der Waals surface area contributed by atoms with Gasteiger partial charge in [-0.2, -0.15) is 0 Å². The molecule has 0 aliphatic carbocycles. The van der Waals surface area contributed by atoms with Crippen molar-refractivity contribution in [2.24, 2.45) is 5.92 Å². The number of rotatable bonds is 8. The van der Waals surface area contributed by atoms with E-state index in [-0.39, 0.29) is 24.9 Å². The molecule has 22 heavy (non-hydrogen) atoms. The van der Waals surface area contributed by atoms with Crippen LogP contribution in [-0.2, 0) is 14.8 Å². The van der Waals surface area contributed by atoms with Crippen LogP contribution >= 0.6 is 11.6 Å².